The molecule has 35 heavy (non-hydrogen) atoms. The highest BCUT2D eigenvalue weighted by Gasteiger charge is 2.54. The number of aromatic nitrogens is 1. The summed E-state index contributed by atoms with van der Waals surface area (Å²) in [5, 5.41) is 0. The van der Waals surface area contributed by atoms with Gasteiger partial charge < -0.3 is 15.4 Å². The number of carbonyl (C=O) groups excluding carboxylic acids is 2. The molecule has 7 heteroatoms. The Hall–Kier alpha value is -2.93. The summed E-state index contributed by atoms with van der Waals surface area (Å²) in [4.78, 5) is 35.0. The number of piperidine rings is 1. The number of nitrogens with two attached hydrogens (primary N) is 1. The smallest absolute Gasteiger partial charge is 0.314 e. The lowest BCUT2D eigenvalue weighted by molar-refractivity contribution is -0.154. The second-order valence-corrected chi connectivity index (χ2v) is 11.1. The molecule has 7 nitrogen and oxygen atoms in total. The molecule has 0 bridgehead atoms. The zero-order valence-electron chi connectivity index (χ0n) is 20.8. The average molecular weight is 477 g/mol. The van der Waals surface area contributed by atoms with Gasteiger partial charge in [0.15, 0.2) is 0 Å². The first kappa shape index (κ1) is 23.8. The van der Waals surface area contributed by atoms with Crippen molar-refractivity contribution in [2.45, 2.75) is 64.0 Å². The fourth-order valence-corrected chi connectivity index (χ4v) is 6.32. The molecule has 4 heterocycles. The lowest BCUT2D eigenvalue weighted by Gasteiger charge is -2.42. The van der Waals surface area contributed by atoms with Gasteiger partial charge in [-0.1, -0.05) is 30.3 Å². The number of benzene rings is 1. The first-order valence-corrected chi connectivity index (χ1v) is 12.8. The third-order valence-electron chi connectivity index (χ3n) is 7.93. The topological polar surface area (TPSA) is 88.8 Å². The van der Waals surface area contributed by atoms with Crippen molar-refractivity contribution >= 4 is 17.7 Å². The monoisotopic (exact) mass is 476 g/mol. The highest BCUT2D eigenvalue weighted by atomic mass is 16.6. The van der Waals surface area contributed by atoms with Gasteiger partial charge in [0.25, 0.3) is 5.91 Å². The zero-order valence-corrected chi connectivity index (χ0v) is 20.8. The van der Waals surface area contributed by atoms with Gasteiger partial charge in [0.05, 0.1) is 11.0 Å². The standard InChI is InChI=1S/C28H36N4O3/c1-27(2)18-28(26(34)35-27)12-7-14-32(19-28)22-10-6-13-31(15-11-22)25(33)23-16-21(17-30-24(23)29)20-8-4-3-5-9-20/h3-5,8-9,16-17,22H,6-7,10-15,18-19H2,1-2H3,(H2,29,30). The summed E-state index contributed by atoms with van der Waals surface area (Å²) in [5.41, 5.74) is 7.77. The number of nitrogens with zero attached hydrogens (tertiary/aromatic N) is 3. The number of nitrogen functional groups attached to an aromatic ring is 1. The average Bonchev–Trinajstić information content (AvgIpc) is 3.00. The van der Waals surface area contributed by atoms with Gasteiger partial charge in [-0.2, -0.15) is 0 Å². The Labute approximate surface area is 207 Å². The normalized spacial score (nSPS) is 27.0. The number of amides is 1. The molecule has 0 aliphatic carbocycles. The van der Waals surface area contributed by atoms with Gasteiger partial charge in [0.2, 0.25) is 0 Å². The zero-order chi connectivity index (χ0) is 24.6. The molecular weight excluding hydrogens is 440 g/mol. The van der Waals surface area contributed by atoms with Gasteiger partial charge >= 0.3 is 5.97 Å². The number of cyclic esters (lactones) is 1. The molecule has 3 aliphatic heterocycles. The quantitative estimate of drug-likeness (QED) is 0.670. The highest BCUT2D eigenvalue weighted by molar-refractivity contribution is 5.99. The van der Waals surface area contributed by atoms with Gasteiger partial charge in [0.1, 0.15) is 11.4 Å². The van der Waals surface area contributed by atoms with E-state index in [4.69, 9.17) is 10.5 Å². The van der Waals surface area contributed by atoms with E-state index in [1.165, 1.54) is 0 Å². The van der Waals surface area contributed by atoms with E-state index in [1.54, 1.807) is 6.20 Å². The Morgan fingerprint density at radius 3 is 2.63 bits per heavy atom. The second kappa shape index (κ2) is 9.26. The fraction of sp³-hybridized carbons (Fsp3) is 0.536. The molecule has 1 spiro atoms. The van der Waals surface area contributed by atoms with E-state index in [0.717, 1.165) is 62.7 Å². The van der Waals surface area contributed by atoms with Crippen LogP contribution in [0.4, 0.5) is 5.82 Å². The molecule has 1 aromatic carbocycles. The summed E-state index contributed by atoms with van der Waals surface area (Å²) in [7, 11) is 0. The van der Waals surface area contributed by atoms with Crippen LogP contribution in [0.15, 0.2) is 42.6 Å². The molecule has 0 radical (unpaired) electrons. The maximum atomic E-state index is 13.5. The SMILES string of the molecule is CC1(C)CC2(CCCN(C3CCCN(C(=O)c4cc(-c5ccccc5)cnc4N)CC3)C2)C(=O)O1. The summed E-state index contributed by atoms with van der Waals surface area (Å²) in [6.07, 6.45) is 7.29. The number of rotatable bonds is 3. The van der Waals surface area contributed by atoms with E-state index in [-0.39, 0.29) is 28.7 Å². The Balaban J connectivity index is 1.27. The summed E-state index contributed by atoms with van der Waals surface area (Å²) < 4.78 is 5.72. The van der Waals surface area contributed by atoms with Gasteiger partial charge in [-0.15, -0.1) is 0 Å². The predicted octanol–water partition coefficient (Wildman–Crippen LogP) is 4.13. The number of hydrogen-bond acceptors (Lipinski definition) is 6. The van der Waals surface area contributed by atoms with Crippen LogP contribution in [0, 0.1) is 5.41 Å². The van der Waals surface area contributed by atoms with Gasteiger partial charge in [-0.25, -0.2) is 4.98 Å². The van der Waals surface area contributed by atoms with E-state index >= 15 is 0 Å². The van der Waals surface area contributed by atoms with E-state index in [9.17, 15) is 9.59 Å². The number of hydrogen-bond donors (Lipinski definition) is 1. The third-order valence-corrected chi connectivity index (χ3v) is 7.93. The molecule has 3 aliphatic rings. The molecule has 2 unspecified atom stereocenters. The van der Waals surface area contributed by atoms with Crippen LogP contribution in [0.3, 0.4) is 0 Å². The molecule has 186 valence electrons. The van der Waals surface area contributed by atoms with Crippen LogP contribution in [0.25, 0.3) is 11.1 Å². The molecule has 2 N–H and O–H groups in total. The largest absolute Gasteiger partial charge is 0.459 e. The van der Waals surface area contributed by atoms with Crippen LogP contribution in [0.2, 0.25) is 0 Å². The van der Waals surface area contributed by atoms with Gasteiger partial charge in [-0.3, -0.25) is 14.5 Å². The summed E-state index contributed by atoms with van der Waals surface area (Å²) in [5.74, 6) is 0.194. The Kier molecular flexibility index (Phi) is 6.30. The van der Waals surface area contributed by atoms with Crippen LogP contribution >= 0.6 is 0 Å². The number of likely N-dealkylation sites (tertiary alicyclic amines) is 2. The number of pyridine rings is 1. The van der Waals surface area contributed by atoms with Crippen LogP contribution in [-0.2, 0) is 9.53 Å². The maximum absolute atomic E-state index is 13.5. The van der Waals surface area contributed by atoms with Crippen molar-refractivity contribution in [3.63, 3.8) is 0 Å². The summed E-state index contributed by atoms with van der Waals surface area (Å²) in [6.45, 7) is 7.19. The van der Waals surface area contributed by atoms with Crippen molar-refractivity contribution in [1.82, 2.24) is 14.8 Å². The molecule has 2 aromatic rings. The predicted molar refractivity (Wildman–Crippen MR) is 136 cm³/mol. The first-order valence-electron chi connectivity index (χ1n) is 12.8. The van der Waals surface area contributed by atoms with Crippen LogP contribution in [0.5, 0.6) is 0 Å². The van der Waals surface area contributed by atoms with Gasteiger partial charge in [0, 0.05) is 43.9 Å². The van der Waals surface area contributed by atoms with Crippen LogP contribution in [-0.4, -0.2) is 64.5 Å². The molecule has 1 aromatic heterocycles. The molecule has 0 saturated carbocycles. The molecule has 2 atom stereocenters. The molecular formula is C28H36N4O3. The van der Waals surface area contributed by atoms with Crippen molar-refractivity contribution in [3.05, 3.63) is 48.2 Å². The lowest BCUT2D eigenvalue weighted by atomic mass is 9.74. The second-order valence-electron chi connectivity index (χ2n) is 11.1. The maximum Gasteiger partial charge on any atom is 0.314 e. The van der Waals surface area contributed by atoms with Crippen molar-refractivity contribution in [2.24, 2.45) is 5.41 Å². The molecule has 5 rings (SSSR count). The first-order chi connectivity index (χ1) is 16.8. The number of ether oxygens (including phenoxy) is 1. The van der Waals surface area contributed by atoms with Gasteiger partial charge in [-0.05, 0) is 64.1 Å². The number of anilines is 1. The Bertz CT molecular complexity index is 1100. The third kappa shape index (κ3) is 4.79. The minimum Gasteiger partial charge on any atom is -0.459 e. The Morgan fingerprint density at radius 1 is 1.09 bits per heavy atom. The van der Waals surface area contributed by atoms with Crippen molar-refractivity contribution in [1.29, 1.82) is 0 Å². The van der Waals surface area contributed by atoms with E-state index in [1.807, 2.05) is 55.1 Å². The fourth-order valence-electron chi connectivity index (χ4n) is 6.32. The van der Waals surface area contributed by atoms with Crippen molar-refractivity contribution in [3.8, 4) is 11.1 Å². The summed E-state index contributed by atoms with van der Waals surface area (Å²) in [6, 6.07) is 12.2. The van der Waals surface area contributed by atoms with E-state index in [2.05, 4.69) is 9.88 Å². The molecule has 3 saturated heterocycles. The Morgan fingerprint density at radius 2 is 1.89 bits per heavy atom. The minimum atomic E-state index is -0.380. The lowest BCUT2D eigenvalue weighted by Crippen LogP contribution is -2.50. The summed E-state index contributed by atoms with van der Waals surface area (Å²) >= 11 is 0. The van der Waals surface area contributed by atoms with Crippen LogP contribution in [0.1, 0.15) is 62.7 Å². The van der Waals surface area contributed by atoms with Crippen molar-refractivity contribution in [2.75, 3.05) is 31.9 Å². The minimum absolute atomic E-state index is 0.0288. The highest BCUT2D eigenvalue weighted by Crippen LogP contribution is 2.46. The molecule has 1 amide bonds. The van der Waals surface area contributed by atoms with E-state index in [0.29, 0.717) is 24.7 Å². The van der Waals surface area contributed by atoms with Crippen LogP contribution < -0.4 is 5.73 Å². The molecule has 3 fully saturated rings. The number of esters is 1. The number of carbonyl (C=O) groups is 2. The van der Waals surface area contributed by atoms with E-state index < -0.39 is 0 Å². The van der Waals surface area contributed by atoms with Crippen molar-refractivity contribution < 1.29 is 14.3 Å².